The number of alkyl halides is 6. The van der Waals surface area contributed by atoms with Gasteiger partial charge in [0.05, 0.1) is 0 Å². The molecule has 0 saturated heterocycles. The van der Waals surface area contributed by atoms with Crippen LogP contribution in [0, 0.1) is 0 Å². The number of hydrogen-bond donors (Lipinski definition) is 1. The second-order valence-electron chi connectivity index (χ2n) is 4.00. The third kappa shape index (κ3) is 3.52. The molecule has 0 aromatic carbocycles. The van der Waals surface area contributed by atoms with E-state index in [1.54, 1.807) is 0 Å². The zero-order valence-corrected chi connectivity index (χ0v) is 11.5. The van der Waals surface area contributed by atoms with E-state index in [2.05, 4.69) is 4.98 Å². The minimum absolute atomic E-state index is 0.336. The van der Waals surface area contributed by atoms with E-state index < -0.39 is 29.4 Å². The summed E-state index contributed by atoms with van der Waals surface area (Å²) in [5, 5.41) is 0.683. The summed E-state index contributed by atoms with van der Waals surface area (Å²) in [6, 6.07) is 1.63. The first-order valence-corrected chi connectivity index (χ1v) is 5.82. The van der Waals surface area contributed by atoms with Crippen LogP contribution in [0.25, 0.3) is 0 Å². The van der Waals surface area contributed by atoms with Gasteiger partial charge in [-0.1, -0.05) is 23.2 Å². The van der Waals surface area contributed by atoms with Crippen molar-refractivity contribution in [1.29, 1.82) is 0 Å². The highest BCUT2D eigenvalue weighted by molar-refractivity contribution is 6.33. The number of pyridine rings is 1. The van der Waals surface area contributed by atoms with Gasteiger partial charge in [-0.15, -0.1) is 0 Å². The Labute approximate surface area is 124 Å². The minimum Gasteiger partial charge on any atom is -0.323 e. The van der Waals surface area contributed by atoms with Crippen molar-refractivity contribution in [2.45, 2.75) is 24.7 Å². The Morgan fingerprint density at radius 3 is 1.86 bits per heavy atom. The van der Waals surface area contributed by atoms with Crippen molar-refractivity contribution >= 4 is 34.8 Å². The molecular weight excluding hydrogens is 349 g/mol. The van der Waals surface area contributed by atoms with Crippen LogP contribution in [0.3, 0.4) is 0 Å². The van der Waals surface area contributed by atoms with E-state index >= 15 is 0 Å². The van der Waals surface area contributed by atoms with Crippen molar-refractivity contribution in [1.82, 2.24) is 4.98 Å². The molecule has 1 rings (SSSR count). The van der Waals surface area contributed by atoms with Gasteiger partial charge in [-0.25, -0.2) is 18.2 Å². The minimum atomic E-state index is -6.13. The summed E-state index contributed by atoms with van der Waals surface area (Å²) in [5.41, 5.74) is -5.93. The number of halogens is 8. The summed E-state index contributed by atoms with van der Waals surface area (Å²) in [6.07, 6.45) is -6.13. The fraction of sp³-hybridized carbons (Fsp3) is 0.400. The third-order valence-electron chi connectivity index (χ3n) is 2.33. The molecule has 1 unspecified atom stereocenters. The van der Waals surface area contributed by atoms with Gasteiger partial charge in [0.15, 0.2) is 0 Å². The molecule has 1 N–H and O–H groups in total. The number of hydrogen-bond acceptors (Lipinski definition) is 2. The average molecular weight is 355 g/mol. The van der Waals surface area contributed by atoms with Crippen LogP contribution >= 0.6 is 23.2 Å². The first-order chi connectivity index (χ1) is 9.29. The summed E-state index contributed by atoms with van der Waals surface area (Å²) in [4.78, 5) is 14.8. The Kier molecular flexibility index (Phi) is 4.69. The van der Waals surface area contributed by atoms with E-state index in [9.17, 15) is 31.1 Å². The molecule has 11 heteroatoms. The second kappa shape index (κ2) is 5.53. The predicted molar refractivity (Wildman–Crippen MR) is 63.4 cm³/mol. The van der Waals surface area contributed by atoms with Gasteiger partial charge < -0.3 is 5.32 Å². The SMILES string of the molecule is CC(F)(F)C(F)(C(=O)Nc1cc(Cl)nc(Cl)c1)C(F)(F)F. The quantitative estimate of drug-likeness (QED) is 0.651. The predicted octanol–water partition coefficient (Wildman–Crippen LogP) is 4.25. The zero-order chi connectivity index (χ0) is 16.6. The van der Waals surface area contributed by atoms with Crippen molar-refractivity contribution in [2.75, 3.05) is 5.32 Å². The molecular formula is C10H6Cl2F6N2O. The lowest BCUT2D eigenvalue weighted by molar-refractivity contribution is -0.282. The molecule has 0 spiro atoms. The van der Waals surface area contributed by atoms with E-state index in [1.165, 1.54) is 5.32 Å². The number of carbonyl (C=O) groups is 1. The van der Waals surface area contributed by atoms with E-state index in [4.69, 9.17) is 23.2 Å². The molecule has 0 radical (unpaired) electrons. The summed E-state index contributed by atoms with van der Waals surface area (Å²) >= 11 is 10.8. The number of carbonyl (C=O) groups excluding carboxylic acids is 1. The standard InChI is InChI=1S/C10H6Cl2F6N2O/c1-8(13,14)9(15,10(16,17)18)7(21)19-4-2-5(11)20-6(12)3-4/h2-3H,1H3,(H,19,20,21). The maximum atomic E-state index is 13.7. The number of anilines is 1. The summed E-state index contributed by atoms with van der Waals surface area (Å²) in [5.74, 6) is -7.60. The molecule has 1 aromatic rings. The van der Waals surface area contributed by atoms with Crippen molar-refractivity contribution in [3.05, 3.63) is 22.4 Å². The van der Waals surface area contributed by atoms with Crippen LogP contribution in [0.15, 0.2) is 12.1 Å². The Balaban J connectivity index is 3.20. The van der Waals surface area contributed by atoms with E-state index in [0.29, 0.717) is 0 Å². The molecule has 0 fully saturated rings. The van der Waals surface area contributed by atoms with E-state index in [-0.39, 0.29) is 17.2 Å². The van der Waals surface area contributed by atoms with Crippen molar-refractivity contribution < 1.29 is 31.1 Å². The number of nitrogens with one attached hydrogen (secondary N) is 1. The first kappa shape index (κ1) is 17.8. The Morgan fingerprint density at radius 1 is 1.10 bits per heavy atom. The Morgan fingerprint density at radius 2 is 1.52 bits per heavy atom. The molecule has 1 atom stereocenters. The maximum absolute atomic E-state index is 13.7. The molecule has 0 aliphatic rings. The number of aromatic nitrogens is 1. The van der Waals surface area contributed by atoms with Crippen molar-refractivity contribution in [3.8, 4) is 0 Å². The lowest BCUT2D eigenvalue weighted by atomic mass is 9.97. The van der Waals surface area contributed by atoms with Crippen molar-refractivity contribution in [2.24, 2.45) is 0 Å². The van der Waals surface area contributed by atoms with E-state index in [0.717, 1.165) is 12.1 Å². The number of nitrogens with zero attached hydrogens (tertiary/aromatic N) is 1. The lowest BCUT2D eigenvalue weighted by Gasteiger charge is -2.31. The third-order valence-corrected chi connectivity index (χ3v) is 2.72. The molecule has 1 aromatic heterocycles. The van der Waals surface area contributed by atoms with Gasteiger partial charge in [-0.2, -0.15) is 13.2 Å². The van der Waals surface area contributed by atoms with Crippen LogP contribution in [0.2, 0.25) is 10.3 Å². The normalized spacial score (nSPS) is 15.5. The zero-order valence-electron chi connectivity index (χ0n) is 10.0. The first-order valence-electron chi connectivity index (χ1n) is 5.07. The lowest BCUT2D eigenvalue weighted by Crippen LogP contribution is -2.61. The van der Waals surface area contributed by atoms with Gasteiger partial charge in [-0.05, 0) is 12.1 Å². The van der Waals surface area contributed by atoms with Gasteiger partial charge in [-0.3, -0.25) is 4.79 Å². The van der Waals surface area contributed by atoms with Crippen LogP contribution in [0.5, 0.6) is 0 Å². The highest BCUT2D eigenvalue weighted by Gasteiger charge is 2.74. The topological polar surface area (TPSA) is 42.0 Å². The van der Waals surface area contributed by atoms with Crippen LogP contribution < -0.4 is 5.32 Å². The van der Waals surface area contributed by atoms with Gasteiger partial charge in [0.1, 0.15) is 10.3 Å². The summed E-state index contributed by atoms with van der Waals surface area (Å²) in [6.45, 7) is -0.355. The Bertz CT molecular complexity index is 523. The molecule has 1 amide bonds. The van der Waals surface area contributed by atoms with Gasteiger partial charge in [0.2, 0.25) is 0 Å². The maximum Gasteiger partial charge on any atom is 0.437 e. The molecule has 0 bridgehead atoms. The van der Waals surface area contributed by atoms with Crippen LogP contribution in [0.1, 0.15) is 6.92 Å². The molecule has 118 valence electrons. The molecule has 21 heavy (non-hydrogen) atoms. The van der Waals surface area contributed by atoms with Crippen LogP contribution in [-0.2, 0) is 4.79 Å². The highest BCUT2D eigenvalue weighted by Crippen LogP contribution is 2.45. The monoisotopic (exact) mass is 354 g/mol. The molecule has 1 heterocycles. The number of rotatable bonds is 3. The molecule has 3 nitrogen and oxygen atoms in total. The highest BCUT2D eigenvalue weighted by atomic mass is 35.5. The smallest absolute Gasteiger partial charge is 0.323 e. The molecule has 0 aliphatic heterocycles. The average Bonchev–Trinajstić information content (AvgIpc) is 2.22. The number of amides is 1. The molecule has 0 saturated carbocycles. The van der Waals surface area contributed by atoms with Gasteiger partial charge in [0.25, 0.3) is 11.8 Å². The fourth-order valence-corrected chi connectivity index (χ4v) is 1.79. The fourth-order valence-electron chi connectivity index (χ4n) is 1.33. The Hall–Kier alpha value is -1.22. The van der Waals surface area contributed by atoms with E-state index in [1.807, 2.05) is 0 Å². The largest absolute Gasteiger partial charge is 0.437 e. The molecule has 0 aliphatic carbocycles. The van der Waals surface area contributed by atoms with Gasteiger partial charge in [0, 0.05) is 12.6 Å². The van der Waals surface area contributed by atoms with Crippen molar-refractivity contribution in [3.63, 3.8) is 0 Å². The second-order valence-corrected chi connectivity index (χ2v) is 4.77. The summed E-state index contributed by atoms with van der Waals surface area (Å²) in [7, 11) is 0. The summed E-state index contributed by atoms with van der Waals surface area (Å²) < 4.78 is 77.2. The van der Waals surface area contributed by atoms with Gasteiger partial charge >= 0.3 is 11.8 Å². The van der Waals surface area contributed by atoms with Crippen LogP contribution in [0.4, 0.5) is 32.0 Å². The van der Waals surface area contributed by atoms with Crippen LogP contribution in [-0.4, -0.2) is 28.7 Å².